The maximum absolute atomic E-state index is 11.7. The van der Waals surface area contributed by atoms with Crippen molar-refractivity contribution in [3.05, 3.63) is 54.1 Å². The Hall–Kier alpha value is -3.02. The van der Waals surface area contributed by atoms with Crippen molar-refractivity contribution in [1.82, 2.24) is 5.32 Å². The second kappa shape index (κ2) is 8.73. The number of nitrogens with one attached hydrogen (secondary N) is 1. The van der Waals surface area contributed by atoms with Crippen molar-refractivity contribution < 1.29 is 23.8 Å². The molecule has 0 saturated heterocycles. The van der Waals surface area contributed by atoms with Crippen LogP contribution in [0.2, 0.25) is 0 Å². The lowest BCUT2D eigenvalue weighted by atomic mass is 10.2. The second-order valence-corrected chi connectivity index (χ2v) is 5.49. The maximum Gasteiger partial charge on any atom is 0.328 e. The maximum atomic E-state index is 11.7. The van der Waals surface area contributed by atoms with Crippen molar-refractivity contribution >= 4 is 11.9 Å². The van der Waals surface area contributed by atoms with Crippen LogP contribution in [0.4, 0.5) is 0 Å². The molecule has 2 aromatic rings. The molecular formula is C19H21NO5. The highest BCUT2D eigenvalue weighted by Gasteiger charge is 2.15. The number of benzene rings is 2. The van der Waals surface area contributed by atoms with E-state index in [0.717, 1.165) is 11.3 Å². The van der Waals surface area contributed by atoms with Crippen LogP contribution < -0.4 is 14.8 Å². The smallest absolute Gasteiger partial charge is 0.328 e. The average molecular weight is 343 g/mol. The molecule has 1 atom stereocenters. The zero-order valence-corrected chi connectivity index (χ0v) is 14.4. The zero-order chi connectivity index (χ0) is 18.2. The monoisotopic (exact) mass is 343 g/mol. The summed E-state index contributed by atoms with van der Waals surface area (Å²) in [4.78, 5) is 23.0. The third-order valence-corrected chi connectivity index (χ3v) is 3.38. The number of ether oxygens (including phenoxy) is 3. The number of amides is 1. The Bertz CT molecular complexity index is 710. The molecular weight excluding hydrogens is 322 g/mol. The standard InChI is InChI=1S/C19H21NO5/c1-13-4-6-16(7-5-13)25-17-10-8-15(9-11-17)24-12-18(21)20-14(2)19(22)23-3/h4-11,14H,12H2,1-3H3,(H,20,21). The molecule has 0 aliphatic heterocycles. The first-order valence-corrected chi connectivity index (χ1v) is 7.82. The second-order valence-electron chi connectivity index (χ2n) is 5.49. The molecule has 132 valence electrons. The van der Waals surface area contributed by atoms with E-state index in [4.69, 9.17) is 9.47 Å². The van der Waals surface area contributed by atoms with E-state index in [0.29, 0.717) is 11.5 Å². The van der Waals surface area contributed by atoms with Gasteiger partial charge in [0.2, 0.25) is 0 Å². The van der Waals surface area contributed by atoms with Crippen LogP contribution in [0.25, 0.3) is 0 Å². The quantitative estimate of drug-likeness (QED) is 0.783. The molecule has 0 radical (unpaired) electrons. The molecule has 6 nitrogen and oxygen atoms in total. The Morgan fingerprint density at radius 3 is 2.04 bits per heavy atom. The number of esters is 1. The largest absolute Gasteiger partial charge is 0.484 e. The van der Waals surface area contributed by atoms with Crippen LogP contribution in [-0.4, -0.2) is 31.6 Å². The van der Waals surface area contributed by atoms with Gasteiger partial charge in [0.1, 0.15) is 23.3 Å². The van der Waals surface area contributed by atoms with Gasteiger partial charge >= 0.3 is 5.97 Å². The lowest BCUT2D eigenvalue weighted by molar-refractivity contribution is -0.144. The molecule has 6 heteroatoms. The van der Waals surface area contributed by atoms with E-state index in [-0.39, 0.29) is 6.61 Å². The van der Waals surface area contributed by atoms with E-state index in [1.807, 2.05) is 31.2 Å². The van der Waals surface area contributed by atoms with Gasteiger partial charge in [-0.15, -0.1) is 0 Å². The number of rotatable bonds is 7. The SMILES string of the molecule is COC(=O)C(C)NC(=O)COc1ccc(Oc2ccc(C)cc2)cc1. The Balaban J connectivity index is 1.82. The summed E-state index contributed by atoms with van der Waals surface area (Å²) < 4.78 is 15.6. The van der Waals surface area contributed by atoms with Gasteiger partial charge in [-0.05, 0) is 50.2 Å². The Labute approximate surface area is 146 Å². The van der Waals surface area contributed by atoms with Crippen molar-refractivity contribution in [1.29, 1.82) is 0 Å². The van der Waals surface area contributed by atoms with Gasteiger partial charge in [-0.1, -0.05) is 17.7 Å². The van der Waals surface area contributed by atoms with Crippen LogP contribution in [0.1, 0.15) is 12.5 Å². The number of hydrogen-bond donors (Lipinski definition) is 1. The van der Waals surface area contributed by atoms with Gasteiger partial charge in [0, 0.05) is 0 Å². The van der Waals surface area contributed by atoms with Crippen LogP contribution in [0.5, 0.6) is 17.2 Å². The summed E-state index contributed by atoms with van der Waals surface area (Å²) in [5.41, 5.74) is 1.16. The lowest BCUT2D eigenvalue weighted by Gasteiger charge is -2.12. The highest BCUT2D eigenvalue weighted by molar-refractivity contribution is 5.84. The van der Waals surface area contributed by atoms with E-state index in [9.17, 15) is 9.59 Å². The molecule has 2 aromatic carbocycles. The van der Waals surface area contributed by atoms with Gasteiger partial charge in [0.15, 0.2) is 6.61 Å². The van der Waals surface area contributed by atoms with Crippen molar-refractivity contribution in [2.24, 2.45) is 0 Å². The summed E-state index contributed by atoms with van der Waals surface area (Å²) in [5.74, 6) is 1.02. The first kappa shape index (κ1) is 18.3. The van der Waals surface area contributed by atoms with E-state index in [2.05, 4.69) is 10.1 Å². The first-order chi connectivity index (χ1) is 12.0. The Morgan fingerprint density at radius 2 is 1.48 bits per heavy atom. The van der Waals surface area contributed by atoms with Gasteiger partial charge in [-0.2, -0.15) is 0 Å². The molecule has 1 N–H and O–H groups in total. The third-order valence-electron chi connectivity index (χ3n) is 3.38. The number of carbonyl (C=O) groups excluding carboxylic acids is 2. The predicted octanol–water partition coefficient (Wildman–Crippen LogP) is 2.84. The molecule has 1 unspecified atom stereocenters. The van der Waals surface area contributed by atoms with Gasteiger partial charge in [0.25, 0.3) is 5.91 Å². The fourth-order valence-electron chi connectivity index (χ4n) is 2.01. The fraction of sp³-hybridized carbons (Fsp3) is 0.263. The summed E-state index contributed by atoms with van der Waals surface area (Å²) in [5, 5.41) is 2.49. The van der Waals surface area contributed by atoms with Crippen LogP contribution in [0.3, 0.4) is 0 Å². The molecule has 0 aliphatic carbocycles. The minimum Gasteiger partial charge on any atom is -0.484 e. The minimum absolute atomic E-state index is 0.195. The van der Waals surface area contributed by atoms with Gasteiger partial charge in [-0.3, -0.25) is 4.79 Å². The average Bonchev–Trinajstić information content (AvgIpc) is 2.62. The van der Waals surface area contributed by atoms with Crippen molar-refractivity contribution in [3.63, 3.8) is 0 Å². The molecule has 1 amide bonds. The summed E-state index contributed by atoms with van der Waals surface area (Å²) in [6.45, 7) is 3.36. The summed E-state index contributed by atoms with van der Waals surface area (Å²) in [6, 6.07) is 13.9. The van der Waals surface area contributed by atoms with Crippen molar-refractivity contribution in [2.45, 2.75) is 19.9 Å². The fourth-order valence-corrected chi connectivity index (χ4v) is 2.01. The van der Waals surface area contributed by atoms with E-state index >= 15 is 0 Å². The molecule has 0 fully saturated rings. The van der Waals surface area contributed by atoms with Crippen LogP contribution >= 0.6 is 0 Å². The summed E-state index contributed by atoms with van der Waals surface area (Å²) >= 11 is 0. The van der Waals surface area contributed by atoms with E-state index in [1.54, 1.807) is 31.2 Å². The molecule has 25 heavy (non-hydrogen) atoms. The molecule has 0 heterocycles. The number of methoxy groups -OCH3 is 1. The van der Waals surface area contributed by atoms with Crippen molar-refractivity contribution in [3.8, 4) is 17.2 Å². The van der Waals surface area contributed by atoms with Crippen LogP contribution in [0, 0.1) is 6.92 Å². The first-order valence-electron chi connectivity index (χ1n) is 7.82. The van der Waals surface area contributed by atoms with Crippen molar-refractivity contribution in [2.75, 3.05) is 13.7 Å². The van der Waals surface area contributed by atoms with Gasteiger partial charge in [0.05, 0.1) is 7.11 Å². The van der Waals surface area contributed by atoms with Gasteiger partial charge in [-0.25, -0.2) is 4.79 Å². The topological polar surface area (TPSA) is 73.9 Å². The zero-order valence-electron chi connectivity index (χ0n) is 14.4. The van der Waals surface area contributed by atoms with Gasteiger partial charge < -0.3 is 19.5 Å². The molecule has 0 aliphatic rings. The van der Waals surface area contributed by atoms with E-state index in [1.165, 1.54) is 7.11 Å². The summed E-state index contributed by atoms with van der Waals surface area (Å²) in [6.07, 6.45) is 0. The number of aryl methyl sites for hydroxylation is 1. The molecule has 0 aromatic heterocycles. The normalized spacial score (nSPS) is 11.3. The van der Waals surface area contributed by atoms with Crippen LogP contribution in [0.15, 0.2) is 48.5 Å². The lowest BCUT2D eigenvalue weighted by Crippen LogP contribution is -2.41. The molecule has 0 saturated carbocycles. The highest BCUT2D eigenvalue weighted by atomic mass is 16.5. The number of carbonyl (C=O) groups is 2. The Kier molecular flexibility index (Phi) is 6.39. The summed E-state index contributed by atoms with van der Waals surface area (Å²) in [7, 11) is 1.27. The molecule has 2 rings (SSSR count). The Morgan fingerprint density at radius 1 is 0.960 bits per heavy atom. The number of hydrogen-bond acceptors (Lipinski definition) is 5. The molecule has 0 bridgehead atoms. The predicted molar refractivity (Wildman–Crippen MR) is 92.8 cm³/mol. The molecule has 0 spiro atoms. The third kappa shape index (κ3) is 5.84. The van der Waals surface area contributed by atoms with E-state index < -0.39 is 17.9 Å². The minimum atomic E-state index is -0.716. The van der Waals surface area contributed by atoms with Crippen LogP contribution in [-0.2, 0) is 14.3 Å². The highest BCUT2D eigenvalue weighted by Crippen LogP contribution is 2.24.